The summed E-state index contributed by atoms with van der Waals surface area (Å²) in [4.78, 5) is 4.79. The van der Waals surface area contributed by atoms with Gasteiger partial charge in [0.15, 0.2) is 0 Å². The maximum absolute atomic E-state index is 5.85. The number of rotatable bonds is 3. The molecule has 0 saturated heterocycles. The molecule has 0 spiro atoms. The van der Waals surface area contributed by atoms with E-state index >= 15 is 0 Å². The third-order valence-electron chi connectivity index (χ3n) is 3.61. The van der Waals surface area contributed by atoms with Crippen LogP contribution in [0.4, 0.5) is 5.69 Å². The first-order valence-electron chi connectivity index (χ1n) is 6.97. The van der Waals surface area contributed by atoms with Crippen molar-refractivity contribution in [3.8, 4) is 0 Å². The normalized spacial score (nSPS) is 11.1. The number of hydrogen-bond acceptors (Lipinski definition) is 2. The summed E-state index contributed by atoms with van der Waals surface area (Å²) >= 11 is 0. The van der Waals surface area contributed by atoms with Gasteiger partial charge in [0.05, 0.1) is 11.0 Å². The summed E-state index contributed by atoms with van der Waals surface area (Å²) in [5, 5.41) is 0. The van der Waals surface area contributed by atoms with E-state index in [-0.39, 0.29) is 0 Å². The number of nitrogens with two attached hydrogens (primary N) is 1. The summed E-state index contributed by atoms with van der Waals surface area (Å²) in [5.74, 6) is 1.10. The van der Waals surface area contributed by atoms with Crippen molar-refractivity contribution in [2.75, 3.05) is 5.73 Å². The van der Waals surface area contributed by atoms with Gasteiger partial charge < -0.3 is 10.3 Å². The van der Waals surface area contributed by atoms with Gasteiger partial charge in [0.1, 0.15) is 5.82 Å². The van der Waals surface area contributed by atoms with E-state index in [2.05, 4.69) is 42.7 Å². The van der Waals surface area contributed by atoms with E-state index in [0.717, 1.165) is 30.0 Å². The maximum atomic E-state index is 5.85. The van der Waals surface area contributed by atoms with Crippen LogP contribution < -0.4 is 5.73 Å². The number of hydrogen-bond donors (Lipinski definition) is 1. The molecule has 1 heterocycles. The number of imidazole rings is 1. The molecule has 3 heteroatoms. The zero-order valence-corrected chi connectivity index (χ0v) is 11.9. The van der Waals surface area contributed by atoms with Crippen molar-refractivity contribution in [2.24, 2.45) is 0 Å². The van der Waals surface area contributed by atoms with Crippen LogP contribution in [-0.4, -0.2) is 9.55 Å². The minimum Gasteiger partial charge on any atom is -0.399 e. The van der Waals surface area contributed by atoms with Gasteiger partial charge in [0.25, 0.3) is 0 Å². The van der Waals surface area contributed by atoms with Crippen LogP contribution in [-0.2, 0) is 13.0 Å². The Kier molecular flexibility index (Phi) is 3.18. The highest BCUT2D eigenvalue weighted by Gasteiger charge is 2.10. The Morgan fingerprint density at radius 1 is 1.15 bits per heavy atom. The lowest BCUT2D eigenvalue weighted by atomic mass is 10.1. The summed E-state index contributed by atoms with van der Waals surface area (Å²) in [5.41, 5.74) is 11.4. The van der Waals surface area contributed by atoms with E-state index in [4.69, 9.17) is 10.7 Å². The van der Waals surface area contributed by atoms with Gasteiger partial charge in [-0.05, 0) is 49.2 Å². The molecule has 3 aromatic rings. The van der Waals surface area contributed by atoms with Crippen LogP contribution in [0.5, 0.6) is 0 Å². The van der Waals surface area contributed by atoms with E-state index in [0.29, 0.717) is 0 Å². The van der Waals surface area contributed by atoms with Gasteiger partial charge in [-0.25, -0.2) is 4.98 Å². The van der Waals surface area contributed by atoms with Crippen LogP contribution in [0.1, 0.15) is 23.9 Å². The van der Waals surface area contributed by atoms with E-state index in [1.54, 1.807) is 0 Å². The Balaban J connectivity index is 2.06. The third-order valence-corrected chi connectivity index (χ3v) is 3.61. The lowest BCUT2D eigenvalue weighted by molar-refractivity contribution is 0.734. The fourth-order valence-corrected chi connectivity index (χ4v) is 2.66. The minimum atomic E-state index is 0.803. The number of benzene rings is 2. The average Bonchev–Trinajstić information content (AvgIpc) is 2.74. The quantitative estimate of drug-likeness (QED) is 0.736. The molecule has 2 N–H and O–H groups in total. The smallest absolute Gasteiger partial charge is 0.114 e. The molecular weight excluding hydrogens is 246 g/mol. The Labute approximate surface area is 119 Å². The summed E-state index contributed by atoms with van der Waals surface area (Å²) in [6.45, 7) is 5.18. The van der Waals surface area contributed by atoms with Gasteiger partial charge in [-0.3, -0.25) is 0 Å². The van der Waals surface area contributed by atoms with Crippen molar-refractivity contribution in [1.82, 2.24) is 9.55 Å². The summed E-state index contributed by atoms with van der Waals surface area (Å²) < 4.78 is 2.28. The van der Waals surface area contributed by atoms with Crippen LogP contribution >= 0.6 is 0 Å². The predicted octanol–water partition coefficient (Wildman–Crippen LogP) is 3.54. The van der Waals surface area contributed by atoms with Crippen LogP contribution in [0.15, 0.2) is 42.5 Å². The topological polar surface area (TPSA) is 43.8 Å². The number of fused-ring (bicyclic) bond motifs is 1. The first-order chi connectivity index (χ1) is 9.67. The molecule has 0 saturated carbocycles. The maximum Gasteiger partial charge on any atom is 0.114 e. The molecule has 2 aromatic carbocycles. The molecule has 20 heavy (non-hydrogen) atoms. The average molecular weight is 265 g/mol. The summed E-state index contributed by atoms with van der Waals surface area (Å²) in [6.07, 6.45) is 0.812. The lowest BCUT2D eigenvalue weighted by Gasteiger charge is -2.06. The Hall–Kier alpha value is -2.29. The van der Waals surface area contributed by atoms with Crippen molar-refractivity contribution in [2.45, 2.75) is 26.8 Å². The molecular formula is C17H19N3. The van der Waals surface area contributed by atoms with Crippen molar-refractivity contribution in [3.05, 3.63) is 59.4 Å². The molecule has 0 radical (unpaired) electrons. The number of anilines is 1. The Morgan fingerprint density at radius 3 is 2.75 bits per heavy atom. The van der Waals surface area contributed by atoms with Gasteiger partial charge in [0.2, 0.25) is 0 Å². The molecule has 0 aliphatic heterocycles. The molecule has 102 valence electrons. The molecule has 0 aliphatic rings. The van der Waals surface area contributed by atoms with Crippen LogP contribution in [0.3, 0.4) is 0 Å². The van der Waals surface area contributed by atoms with E-state index in [1.165, 1.54) is 16.6 Å². The molecule has 0 aliphatic carbocycles. The van der Waals surface area contributed by atoms with E-state index in [9.17, 15) is 0 Å². The Bertz CT molecular complexity index is 756. The lowest BCUT2D eigenvalue weighted by Crippen LogP contribution is -2.03. The highest BCUT2D eigenvalue weighted by atomic mass is 15.1. The molecule has 0 bridgehead atoms. The second-order valence-electron chi connectivity index (χ2n) is 5.19. The van der Waals surface area contributed by atoms with Crippen molar-refractivity contribution in [1.29, 1.82) is 0 Å². The third kappa shape index (κ3) is 2.27. The second-order valence-corrected chi connectivity index (χ2v) is 5.19. The predicted molar refractivity (Wildman–Crippen MR) is 83.8 cm³/mol. The van der Waals surface area contributed by atoms with E-state index in [1.807, 2.05) is 18.2 Å². The van der Waals surface area contributed by atoms with Crippen LogP contribution in [0.2, 0.25) is 0 Å². The number of aryl methyl sites for hydroxylation is 2. The number of aromatic nitrogens is 2. The zero-order chi connectivity index (χ0) is 14.1. The van der Waals surface area contributed by atoms with Gasteiger partial charge in [-0.15, -0.1) is 0 Å². The molecule has 0 atom stereocenters. The first-order valence-corrected chi connectivity index (χ1v) is 6.97. The van der Waals surface area contributed by atoms with Gasteiger partial charge in [-0.2, -0.15) is 0 Å². The van der Waals surface area contributed by atoms with Crippen molar-refractivity contribution < 1.29 is 0 Å². The van der Waals surface area contributed by atoms with Crippen LogP contribution in [0.25, 0.3) is 11.0 Å². The first kappa shape index (κ1) is 12.7. The fraction of sp³-hybridized carbons (Fsp3) is 0.235. The van der Waals surface area contributed by atoms with Gasteiger partial charge in [-0.1, -0.05) is 18.2 Å². The number of nitrogen functional groups attached to an aromatic ring is 1. The van der Waals surface area contributed by atoms with Gasteiger partial charge in [0, 0.05) is 18.7 Å². The summed E-state index contributed by atoms with van der Waals surface area (Å²) in [6, 6.07) is 14.5. The largest absolute Gasteiger partial charge is 0.399 e. The monoisotopic (exact) mass is 265 g/mol. The second kappa shape index (κ2) is 5.00. The number of nitrogens with zero attached hydrogens (tertiary/aromatic N) is 2. The summed E-state index contributed by atoms with van der Waals surface area (Å²) in [7, 11) is 0. The van der Waals surface area contributed by atoms with Gasteiger partial charge >= 0.3 is 0 Å². The van der Waals surface area contributed by atoms with Crippen molar-refractivity contribution in [3.63, 3.8) is 0 Å². The molecule has 3 rings (SSSR count). The molecule has 0 fully saturated rings. The van der Waals surface area contributed by atoms with E-state index < -0.39 is 0 Å². The molecule has 0 amide bonds. The molecule has 3 nitrogen and oxygen atoms in total. The van der Waals surface area contributed by atoms with Crippen LogP contribution in [0, 0.1) is 6.92 Å². The molecule has 1 aromatic heterocycles. The Morgan fingerprint density at radius 2 is 2.00 bits per heavy atom. The van der Waals surface area contributed by atoms with Crippen molar-refractivity contribution >= 4 is 16.7 Å². The fourth-order valence-electron chi connectivity index (χ4n) is 2.66. The highest BCUT2D eigenvalue weighted by molar-refractivity contribution is 5.77. The highest BCUT2D eigenvalue weighted by Crippen LogP contribution is 2.20. The minimum absolute atomic E-state index is 0.803. The molecule has 0 unspecified atom stereocenters. The zero-order valence-electron chi connectivity index (χ0n) is 11.9. The standard InChI is InChI=1S/C17H19N3/c1-3-20-16-8-7-12(2)9-15(16)19-17(20)11-13-5-4-6-14(18)10-13/h4-10H,3,11,18H2,1-2H3. The SMILES string of the molecule is CCn1c(Cc2cccc(N)c2)nc2cc(C)ccc21.